The van der Waals surface area contributed by atoms with Crippen molar-refractivity contribution in [3.05, 3.63) is 30.5 Å². The van der Waals surface area contributed by atoms with E-state index in [1.165, 1.54) is 0 Å². The zero-order chi connectivity index (χ0) is 11.5. The maximum absolute atomic E-state index is 5.55. The van der Waals surface area contributed by atoms with Crippen molar-refractivity contribution in [1.82, 2.24) is 9.55 Å². The number of anilines is 1. The number of benzene rings is 1. The number of nitrogens with two attached hydrogens (primary N) is 1. The summed E-state index contributed by atoms with van der Waals surface area (Å²) in [6.07, 6.45) is 1.69. The van der Waals surface area contributed by atoms with Crippen LogP contribution in [0.25, 0.3) is 0 Å². The van der Waals surface area contributed by atoms with Gasteiger partial charge in [0.05, 0.1) is 13.3 Å². The van der Waals surface area contributed by atoms with E-state index in [2.05, 4.69) is 4.98 Å². The van der Waals surface area contributed by atoms with Gasteiger partial charge in [-0.1, -0.05) is 0 Å². The van der Waals surface area contributed by atoms with Crippen molar-refractivity contribution >= 4 is 5.82 Å². The largest absolute Gasteiger partial charge is 0.497 e. The lowest BCUT2D eigenvalue weighted by molar-refractivity contribution is 0.407. The van der Waals surface area contributed by atoms with E-state index in [0.29, 0.717) is 17.6 Å². The number of methoxy groups -OCH3 is 1. The fourth-order valence-electron chi connectivity index (χ4n) is 1.32. The zero-order valence-corrected chi connectivity index (χ0v) is 9.18. The number of imidazole rings is 1. The molecule has 2 N–H and O–H groups in total. The van der Waals surface area contributed by atoms with E-state index in [-0.39, 0.29) is 0 Å². The number of hydrogen-bond donors (Lipinski definition) is 1. The van der Waals surface area contributed by atoms with Crippen LogP contribution in [0.2, 0.25) is 0 Å². The second-order valence-corrected chi connectivity index (χ2v) is 3.34. The average Bonchev–Trinajstić information content (AvgIpc) is 2.59. The molecule has 0 spiro atoms. The third-order valence-electron chi connectivity index (χ3n) is 2.12. The lowest BCUT2D eigenvalue weighted by Gasteiger charge is -2.05. The molecule has 0 saturated carbocycles. The average molecular weight is 219 g/mol. The second-order valence-electron chi connectivity index (χ2n) is 3.34. The molecule has 0 radical (unpaired) electrons. The molecule has 0 saturated heterocycles. The molecule has 0 amide bonds. The van der Waals surface area contributed by atoms with E-state index in [9.17, 15) is 0 Å². The van der Waals surface area contributed by atoms with Crippen LogP contribution in [0.1, 0.15) is 0 Å². The molecule has 0 atom stereocenters. The summed E-state index contributed by atoms with van der Waals surface area (Å²) in [5.74, 6) is 1.91. The minimum atomic E-state index is 0.436. The van der Waals surface area contributed by atoms with Gasteiger partial charge in [-0.15, -0.1) is 0 Å². The summed E-state index contributed by atoms with van der Waals surface area (Å²) in [7, 11) is 3.44. The molecule has 0 aliphatic carbocycles. The Hall–Kier alpha value is -2.17. The quantitative estimate of drug-likeness (QED) is 0.855. The summed E-state index contributed by atoms with van der Waals surface area (Å²) in [6.45, 7) is 0. The van der Waals surface area contributed by atoms with Gasteiger partial charge in [0, 0.05) is 7.05 Å². The van der Waals surface area contributed by atoms with Gasteiger partial charge in [0.15, 0.2) is 0 Å². The van der Waals surface area contributed by atoms with E-state index in [4.69, 9.17) is 15.2 Å². The Morgan fingerprint density at radius 2 is 1.81 bits per heavy atom. The monoisotopic (exact) mass is 219 g/mol. The van der Waals surface area contributed by atoms with Gasteiger partial charge in [-0.2, -0.15) is 4.98 Å². The summed E-state index contributed by atoms with van der Waals surface area (Å²) in [5, 5.41) is 0. The summed E-state index contributed by atoms with van der Waals surface area (Å²) in [5.41, 5.74) is 5.55. The fraction of sp³-hybridized carbons (Fsp3) is 0.182. The SMILES string of the molecule is COc1ccc(Oc2nc(N)cn2C)cc1. The number of nitrogen functional groups attached to an aromatic ring is 1. The van der Waals surface area contributed by atoms with Gasteiger partial charge in [-0.3, -0.25) is 0 Å². The first-order valence-corrected chi connectivity index (χ1v) is 4.80. The van der Waals surface area contributed by atoms with Crippen LogP contribution in [0.3, 0.4) is 0 Å². The van der Waals surface area contributed by atoms with E-state index in [0.717, 1.165) is 5.75 Å². The Morgan fingerprint density at radius 3 is 2.31 bits per heavy atom. The Morgan fingerprint density at radius 1 is 1.19 bits per heavy atom. The molecular weight excluding hydrogens is 206 g/mol. The van der Waals surface area contributed by atoms with Gasteiger partial charge in [-0.05, 0) is 24.3 Å². The van der Waals surface area contributed by atoms with Crippen molar-refractivity contribution in [2.45, 2.75) is 0 Å². The summed E-state index contributed by atoms with van der Waals surface area (Å²) >= 11 is 0. The highest BCUT2D eigenvalue weighted by Crippen LogP contribution is 2.23. The molecule has 2 rings (SSSR count). The van der Waals surface area contributed by atoms with Crippen LogP contribution in [-0.2, 0) is 7.05 Å². The minimum absolute atomic E-state index is 0.436. The molecule has 0 aliphatic rings. The predicted molar refractivity (Wildman–Crippen MR) is 60.7 cm³/mol. The first kappa shape index (κ1) is 10.4. The summed E-state index contributed by atoms with van der Waals surface area (Å²) in [4.78, 5) is 4.04. The van der Waals surface area contributed by atoms with E-state index >= 15 is 0 Å². The van der Waals surface area contributed by atoms with Crippen LogP contribution in [0.4, 0.5) is 5.82 Å². The Balaban J connectivity index is 2.17. The molecule has 5 nitrogen and oxygen atoms in total. The van der Waals surface area contributed by atoms with Crippen molar-refractivity contribution in [2.24, 2.45) is 7.05 Å². The standard InChI is InChI=1S/C11H13N3O2/c1-14-7-10(12)13-11(14)16-9-5-3-8(15-2)4-6-9/h3-7H,12H2,1-2H3. The molecule has 2 aromatic rings. The van der Waals surface area contributed by atoms with Crippen molar-refractivity contribution in [3.63, 3.8) is 0 Å². The number of aromatic nitrogens is 2. The maximum atomic E-state index is 5.55. The molecule has 1 aromatic heterocycles. The maximum Gasteiger partial charge on any atom is 0.303 e. The molecular formula is C11H13N3O2. The van der Waals surface area contributed by atoms with E-state index in [1.807, 2.05) is 31.3 Å². The van der Waals surface area contributed by atoms with Crippen LogP contribution in [0.5, 0.6) is 17.5 Å². The minimum Gasteiger partial charge on any atom is -0.497 e. The normalized spacial score (nSPS) is 10.1. The van der Waals surface area contributed by atoms with Gasteiger partial charge < -0.3 is 19.8 Å². The number of hydrogen-bond acceptors (Lipinski definition) is 4. The van der Waals surface area contributed by atoms with Crippen LogP contribution in [0, 0.1) is 0 Å². The van der Waals surface area contributed by atoms with Crippen LogP contribution >= 0.6 is 0 Å². The second kappa shape index (κ2) is 4.14. The van der Waals surface area contributed by atoms with Gasteiger partial charge in [0.2, 0.25) is 0 Å². The molecule has 84 valence electrons. The first-order valence-electron chi connectivity index (χ1n) is 4.80. The van der Waals surface area contributed by atoms with Crippen molar-refractivity contribution in [3.8, 4) is 17.5 Å². The van der Waals surface area contributed by atoms with Gasteiger partial charge in [0.1, 0.15) is 17.3 Å². The first-order chi connectivity index (χ1) is 7.69. The van der Waals surface area contributed by atoms with Crippen LogP contribution in [-0.4, -0.2) is 16.7 Å². The van der Waals surface area contributed by atoms with Crippen molar-refractivity contribution in [1.29, 1.82) is 0 Å². The van der Waals surface area contributed by atoms with Gasteiger partial charge in [-0.25, -0.2) is 0 Å². The Bertz CT molecular complexity index is 476. The summed E-state index contributed by atoms with van der Waals surface area (Å²) in [6, 6.07) is 7.72. The highest BCUT2D eigenvalue weighted by molar-refractivity contribution is 5.34. The third kappa shape index (κ3) is 2.08. The number of ether oxygens (including phenoxy) is 2. The van der Waals surface area contributed by atoms with Gasteiger partial charge >= 0.3 is 6.01 Å². The smallest absolute Gasteiger partial charge is 0.303 e. The predicted octanol–water partition coefficient (Wildman–Crippen LogP) is 1.80. The molecule has 0 aliphatic heterocycles. The van der Waals surface area contributed by atoms with Crippen LogP contribution in [0.15, 0.2) is 30.5 Å². The summed E-state index contributed by atoms with van der Waals surface area (Å²) < 4.78 is 12.3. The third-order valence-corrected chi connectivity index (χ3v) is 2.12. The molecule has 5 heteroatoms. The zero-order valence-electron chi connectivity index (χ0n) is 9.18. The number of rotatable bonds is 3. The van der Waals surface area contributed by atoms with Crippen molar-refractivity contribution in [2.75, 3.05) is 12.8 Å². The molecule has 0 fully saturated rings. The number of nitrogens with zero attached hydrogens (tertiary/aromatic N) is 2. The topological polar surface area (TPSA) is 62.3 Å². The highest BCUT2D eigenvalue weighted by Gasteiger charge is 2.05. The number of aryl methyl sites for hydroxylation is 1. The van der Waals surface area contributed by atoms with Crippen molar-refractivity contribution < 1.29 is 9.47 Å². The van der Waals surface area contributed by atoms with Crippen LogP contribution < -0.4 is 15.2 Å². The van der Waals surface area contributed by atoms with Gasteiger partial charge in [0.25, 0.3) is 0 Å². The Labute approximate surface area is 93.4 Å². The molecule has 0 unspecified atom stereocenters. The molecule has 0 bridgehead atoms. The molecule has 1 heterocycles. The highest BCUT2D eigenvalue weighted by atomic mass is 16.5. The fourth-order valence-corrected chi connectivity index (χ4v) is 1.32. The lowest BCUT2D eigenvalue weighted by atomic mass is 10.3. The van der Waals surface area contributed by atoms with E-state index in [1.54, 1.807) is 17.9 Å². The lowest BCUT2D eigenvalue weighted by Crippen LogP contribution is -1.93. The Kier molecular flexibility index (Phi) is 2.68. The molecule has 1 aromatic carbocycles. The van der Waals surface area contributed by atoms with E-state index < -0.39 is 0 Å². The molecule has 16 heavy (non-hydrogen) atoms.